The molecular weight excluding hydrogens is 224 g/mol. The van der Waals surface area contributed by atoms with E-state index < -0.39 is 0 Å². The van der Waals surface area contributed by atoms with Crippen LogP contribution in [0.1, 0.15) is 50.7 Å². The smallest absolute Gasteiger partial charge is 0.0716 e. The molecule has 0 atom stereocenters. The molecule has 0 radical (unpaired) electrons. The van der Waals surface area contributed by atoms with Crippen LogP contribution in [0.2, 0.25) is 0 Å². The number of unbranched alkanes of at least 4 members (excludes halogenated alkanes) is 2. The van der Waals surface area contributed by atoms with Crippen LogP contribution >= 0.6 is 0 Å². The first kappa shape index (κ1) is 15.2. The molecule has 0 fully saturated rings. The molecular formula is C16H26O2. The largest absolute Gasteiger partial charge is 0.377 e. The van der Waals surface area contributed by atoms with E-state index in [2.05, 4.69) is 38.1 Å². The van der Waals surface area contributed by atoms with Gasteiger partial charge in [0.25, 0.3) is 0 Å². The van der Waals surface area contributed by atoms with Crippen LogP contribution in [0.5, 0.6) is 0 Å². The Bertz CT molecular complexity index is 261. The molecule has 0 aliphatic heterocycles. The Labute approximate surface area is 111 Å². The van der Waals surface area contributed by atoms with Gasteiger partial charge in [-0.25, -0.2) is 0 Å². The van der Waals surface area contributed by atoms with Gasteiger partial charge in [0.15, 0.2) is 0 Å². The van der Waals surface area contributed by atoms with Crippen LogP contribution in [-0.4, -0.2) is 13.2 Å². The van der Waals surface area contributed by atoms with Gasteiger partial charge in [-0.1, -0.05) is 51.0 Å². The fourth-order valence-corrected chi connectivity index (χ4v) is 1.60. The number of hydrogen-bond acceptors (Lipinski definition) is 2. The van der Waals surface area contributed by atoms with Crippen LogP contribution < -0.4 is 0 Å². The SMILES string of the molecule is CCCCOCc1ccc(COCCCC)cc1. The topological polar surface area (TPSA) is 18.5 Å². The molecule has 0 aromatic heterocycles. The molecule has 0 saturated carbocycles. The Morgan fingerprint density at radius 2 is 1.11 bits per heavy atom. The number of rotatable bonds is 10. The van der Waals surface area contributed by atoms with Crippen LogP contribution in [0.3, 0.4) is 0 Å². The zero-order valence-corrected chi connectivity index (χ0v) is 11.8. The Morgan fingerprint density at radius 1 is 0.722 bits per heavy atom. The van der Waals surface area contributed by atoms with Gasteiger partial charge in [0, 0.05) is 13.2 Å². The maximum Gasteiger partial charge on any atom is 0.0716 e. The van der Waals surface area contributed by atoms with Gasteiger partial charge < -0.3 is 9.47 Å². The third kappa shape index (κ3) is 6.77. The standard InChI is InChI=1S/C16H26O2/c1-3-5-11-17-13-15-7-9-16(10-8-15)14-18-12-6-4-2/h7-10H,3-6,11-14H2,1-2H3. The van der Waals surface area contributed by atoms with E-state index in [1.807, 2.05) is 0 Å². The fourth-order valence-electron chi connectivity index (χ4n) is 1.60. The van der Waals surface area contributed by atoms with Crippen molar-refractivity contribution >= 4 is 0 Å². The Hall–Kier alpha value is -0.860. The first-order valence-electron chi connectivity index (χ1n) is 7.10. The zero-order chi connectivity index (χ0) is 13.1. The van der Waals surface area contributed by atoms with Crippen LogP contribution in [0.4, 0.5) is 0 Å². The fraction of sp³-hybridized carbons (Fsp3) is 0.625. The highest BCUT2D eigenvalue weighted by Gasteiger charge is 1.96. The van der Waals surface area contributed by atoms with Gasteiger partial charge in [0.05, 0.1) is 13.2 Å². The Balaban J connectivity index is 2.20. The van der Waals surface area contributed by atoms with Crippen molar-refractivity contribution in [2.45, 2.75) is 52.7 Å². The summed E-state index contributed by atoms with van der Waals surface area (Å²) in [6, 6.07) is 8.52. The predicted molar refractivity (Wildman–Crippen MR) is 75.6 cm³/mol. The van der Waals surface area contributed by atoms with Crippen molar-refractivity contribution in [2.75, 3.05) is 13.2 Å². The number of ether oxygens (including phenoxy) is 2. The van der Waals surface area contributed by atoms with Crippen LogP contribution in [-0.2, 0) is 22.7 Å². The molecule has 18 heavy (non-hydrogen) atoms. The van der Waals surface area contributed by atoms with E-state index in [9.17, 15) is 0 Å². The Morgan fingerprint density at radius 3 is 1.44 bits per heavy atom. The minimum absolute atomic E-state index is 0.719. The predicted octanol–water partition coefficient (Wildman–Crippen LogP) is 4.32. The van der Waals surface area contributed by atoms with Gasteiger partial charge in [-0.2, -0.15) is 0 Å². The average Bonchev–Trinajstić information content (AvgIpc) is 2.41. The minimum atomic E-state index is 0.719. The second kappa shape index (κ2) is 10.1. The van der Waals surface area contributed by atoms with Crippen molar-refractivity contribution in [1.29, 1.82) is 0 Å². The summed E-state index contributed by atoms with van der Waals surface area (Å²) >= 11 is 0. The van der Waals surface area contributed by atoms with Crippen LogP contribution in [0.25, 0.3) is 0 Å². The van der Waals surface area contributed by atoms with E-state index in [0.29, 0.717) is 0 Å². The molecule has 2 heteroatoms. The summed E-state index contributed by atoms with van der Waals surface area (Å²) in [6.07, 6.45) is 4.66. The lowest BCUT2D eigenvalue weighted by Gasteiger charge is -2.06. The van der Waals surface area contributed by atoms with E-state index >= 15 is 0 Å². The molecule has 0 bridgehead atoms. The molecule has 0 aliphatic rings. The molecule has 102 valence electrons. The molecule has 1 rings (SSSR count). The van der Waals surface area contributed by atoms with Gasteiger partial charge in [0.2, 0.25) is 0 Å². The third-order valence-electron chi connectivity index (χ3n) is 2.84. The van der Waals surface area contributed by atoms with Gasteiger partial charge in [-0.3, -0.25) is 0 Å². The van der Waals surface area contributed by atoms with E-state index in [4.69, 9.17) is 9.47 Å². The first-order chi connectivity index (χ1) is 8.86. The summed E-state index contributed by atoms with van der Waals surface area (Å²) in [6.45, 7) is 7.51. The van der Waals surface area contributed by atoms with Gasteiger partial charge in [-0.05, 0) is 24.0 Å². The highest BCUT2D eigenvalue weighted by Crippen LogP contribution is 2.07. The second-order valence-electron chi connectivity index (χ2n) is 4.63. The second-order valence-corrected chi connectivity index (χ2v) is 4.63. The molecule has 2 nitrogen and oxygen atoms in total. The molecule has 0 N–H and O–H groups in total. The molecule has 0 saturated heterocycles. The lowest BCUT2D eigenvalue weighted by Crippen LogP contribution is -1.97. The first-order valence-corrected chi connectivity index (χ1v) is 7.10. The monoisotopic (exact) mass is 250 g/mol. The van der Waals surface area contributed by atoms with Crippen LogP contribution in [0, 0.1) is 0 Å². The highest BCUT2D eigenvalue weighted by atomic mass is 16.5. The zero-order valence-electron chi connectivity index (χ0n) is 11.8. The summed E-state index contributed by atoms with van der Waals surface area (Å²) in [5.74, 6) is 0. The van der Waals surface area contributed by atoms with Gasteiger partial charge in [0.1, 0.15) is 0 Å². The lowest BCUT2D eigenvalue weighted by molar-refractivity contribution is 0.116. The summed E-state index contributed by atoms with van der Waals surface area (Å²) in [4.78, 5) is 0. The van der Waals surface area contributed by atoms with Crippen molar-refractivity contribution in [3.05, 3.63) is 35.4 Å². The summed E-state index contributed by atoms with van der Waals surface area (Å²) < 4.78 is 11.2. The quantitative estimate of drug-likeness (QED) is 0.576. The van der Waals surface area contributed by atoms with E-state index in [1.54, 1.807) is 0 Å². The maximum absolute atomic E-state index is 5.58. The molecule has 0 heterocycles. The van der Waals surface area contributed by atoms with Crippen molar-refractivity contribution in [3.8, 4) is 0 Å². The van der Waals surface area contributed by atoms with Crippen molar-refractivity contribution < 1.29 is 9.47 Å². The lowest BCUT2D eigenvalue weighted by atomic mass is 10.1. The Kier molecular flexibility index (Phi) is 8.53. The van der Waals surface area contributed by atoms with Gasteiger partial charge in [-0.15, -0.1) is 0 Å². The van der Waals surface area contributed by atoms with Gasteiger partial charge >= 0.3 is 0 Å². The van der Waals surface area contributed by atoms with Crippen molar-refractivity contribution in [2.24, 2.45) is 0 Å². The third-order valence-corrected chi connectivity index (χ3v) is 2.84. The molecule has 0 spiro atoms. The van der Waals surface area contributed by atoms with E-state index in [0.717, 1.165) is 39.3 Å². The van der Waals surface area contributed by atoms with Crippen LogP contribution in [0.15, 0.2) is 24.3 Å². The van der Waals surface area contributed by atoms with E-state index in [-0.39, 0.29) is 0 Å². The summed E-state index contributed by atoms with van der Waals surface area (Å²) in [5.41, 5.74) is 2.48. The average molecular weight is 250 g/mol. The summed E-state index contributed by atoms with van der Waals surface area (Å²) in [5, 5.41) is 0. The van der Waals surface area contributed by atoms with Crippen molar-refractivity contribution in [1.82, 2.24) is 0 Å². The molecule has 0 unspecified atom stereocenters. The van der Waals surface area contributed by atoms with Crippen molar-refractivity contribution in [3.63, 3.8) is 0 Å². The number of hydrogen-bond donors (Lipinski definition) is 0. The number of benzene rings is 1. The van der Waals surface area contributed by atoms with E-state index in [1.165, 1.54) is 24.0 Å². The molecule has 1 aromatic carbocycles. The molecule has 1 aromatic rings. The molecule has 0 aliphatic carbocycles. The minimum Gasteiger partial charge on any atom is -0.377 e. The normalized spacial score (nSPS) is 10.8. The maximum atomic E-state index is 5.58. The molecule has 0 amide bonds. The summed E-state index contributed by atoms with van der Waals surface area (Å²) in [7, 11) is 0. The highest BCUT2D eigenvalue weighted by molar-refractivity contribution is 5.21.